The van der Waals surface area contributed by atoms with Crippen molar-refractivity contribution in [1.29, 1.82) is 0 Å². The summed E-state index contributed by atoms with van der Waals surface area (Å²) < 4.78 is 6.47. The SMILES string of the molecule is CCCn1cnc2c(=O)[nH]c(NC(=O)COC)nc21. The number of aromatic amines is 1. The topological polar surface area (TPSA) is 102 Å². The fourth-order valence-electron chi connectivity index (χ4n) is 1.72. The van der Waals surface area contributed by atoms with Gasteiger partial charge in [-0.3, -0.25) is 19.9 Å². The van der Waals surface area contributed by atoms with Crippen molar-refractivity contribution in [2.75, 3.05) is 19.0 Å². The number of methoxy groups -OCH3 is 1. The second kappa shape index (κ2) is 5.61. The lowest BCUT2D eigenvalue weighted by Gasteiger charge is -2.04. The molecule has 0 radical (unpaired) electrons. The van der Waals surface area contributed by atoms with Gasteiger partial charge >= 0.3 is 0 Å². The van der Waals surface area contributed by atoms with Crippen LogP contribution in [0, 0.1) is 0 Å². The normalized spacial score (nSPS) is 10.8. The van der Waals surface area contributed by atoms with Crippen molar-refractivity contribution in [2.24, 2.45) is 0 Å². The zero-order chi connectivity index (χ0) is 13.8. The van der Waals surface area contributed by atoms with Gasteiger partial charge in [0.15, 0.2) is 11.2 Å². The fraction of sp³-hybridized carbons (Fsp3) is 0.455. The summed E-state index contributed by atoms with van der Waals surface area (Å²) in [5.41, 5.74) is 0.337. The zero-order valence-electron chi connectivity index (χ0n) is 10.8. The smallest absolute Gasteiger partial charge is 0.280 e. The van der Waals surface area contributed by atoms with Crippen LogP contribution in [0.1, 0.15) is 13.3 Å². The summed E-state index contributed by atoms with van der Waals surface area (Å²) in [7, 11) is 1.41. The van der Waals surface area contributed by atoms with Gasteiger partial charge < -0.3 is 9.30 Å². The summed E-state index contributed by atoms with van der Waals surface area (Å²) in [4.78, 5) is 33.9. The number of anilines is 1. The molecule has 0 aliphatic rings. The third kappa shape index (κ3) is 2.79. The van der Waals surface area contributed by atoms with E-state index in [9.17, 15) is 9.59 Å². The number of H-pyrrole nitrogens is 1. The molecule has 0 fully saturated rings. The number of carbonyl (C=O) groups excluding carboxylic acids is 1. The van der Waals surface area contributed by atoms with Crippen molar-refractivity contribution in [2.45, 2.75) is 19.9 Å². The maximum atomic E-state index is 11.8. The highest BCUT2D eigenvalue weighted by molar-refractivity contribution is 5.90. The monoisotopic (exact) mass is 265 g/mol. The molecule has 1 amide bonds. The molecular weight excluding hydrogens is 250 g/mol. The van der Waals surface area contributed by atoms with Crippen LogP contribution in [-0.2, 0) is 16.1 Å². The molecule has 0 saturated heterocycles. The predicted molar refractivity (Wildman–Crippen MR) is 68.9 cm³/mol. The van der Waals surface area contributed by atoms with Gasteiger partial charge in [-0.1, -0.05) is 6.92 Å². The molecule has 2 aromatic rings. The van der Waals surface area contributed by atoms with E-state index in [0.29, 0.717) is 12.2 Å². The minimum atomic E-state index is -0.383. The first-order valence-electron chi connectivity index (χ1n) is 5.89. The molecule has 0 spiro atoms. The van der Waals surface area contributed by atoms with Crippen molar-refractivity contribution in [1.82, 2.24) is 19.5 Å². The van der Waals surface area contributed by atoms with E-state index in [2.05, 4.69) is 20.3 Å². The first-order chi connectivity index (χ1) is 9.15. The van der Waals surface area contributed by atoms with Crippen LogP contribution < -0.4 is 10.9 Å². The number of aryl methyl sites for hydroxylation is 1. The van der Waals surface area contributed by atoms with Gasteiger partial charge in [0.2, 0.25) is 5.95 Å². The van der Waals surface area contributed by atoms with Crippen LogP contribution in [0.15, 0.2) is 11.1 Å². The number of hydrogen-bond acceptors (Lipinski definition) is 5. The number of nitrogens with zero attached hydrogens (tertiary/aromatic N) is 3. The van der Waals surface area contributed by atoms with Crippen LogP contribution in [0.25, 0.3) is 11.2 Å². The molecule has 19 heavy (non-hydrogen) atoms. The molecule has 102 valence electrons. The molecule has 8 heteroatoms. The molecule has 2 heterocycles. The van der Waals surface area contributed by atoms with Crippen LogP contribution in [0.4, 0.5) is 5.95 Å². The maximum Gasteiger partial charge on any atom is 0.280 e. The molecule has 2 aromatic heterocycles. The highest BCUT2D eigenvalue weighted by Gasteiger charge is 2.11. The molecule has 0 bridgehead atoms. The number of aromatic nitrogens is 4. The summed E-state index contributed by atoms with van der Waals surface area (Å²) in [6.45, 7) is 2.62. The third-order valence-corrected chi connectivity index (χ3v) is 2.47. The summed E-state index contributed by atoms with van der Waals surface area (Å²) in [6.07, 6.45) is 2.46. The first kappa shape index (κ1) is 13.2. The largest absolute Gasteiger partial charge is 0.375 e. The lowest BCUT2D eigenvalue weighted by molar-refractivity contribution is -0.119. The van der Waals surface area contributed by atoms with Gasteiger partial charge in [0.25, 0.3) is 11.5 Å². The first-order valence-corrected chi connectivity index (χ1v) is 5.89. The van der Waals surface area contributed by atoms with Gasteiger partial charge in [0, 0.05) is 13.7 Å². The van der Waals surface area contributed by atoms with Gasteiger partial charge in [-0.15, -0.1) is 0 Å². The van der Waals surface area contributed by atoms with E-state index in [1.807, 2.05) is 6.92 Å². The summed E-state index contributed by atoms with van der Waals surface area (Å²) in [5.74, 6) is -0.288. The Morgan fingerprint density at radius 3 is 3.05 bits per heavy atom. The molecular formula is C11H15N5O3. The van der Waals surface area contributed by atoms with E-state index in [1.54, 1.807) is 10.9 Å². The standard InChI is InChI=1S/C11H15N5O3/c1-3-4-16-6-12-8-9(16)14-11(15-10(8)18)13-7(17)5-19-2/h6H,3-5H2,1-2H3,(H2,13,14,15,17,18). The molecule has 2 N–H and O–H groups in total. The Hall–Kier alpha value is -2.22. The van der Waals surface area contributed by atoms with E-state index < -0.39 is 0 Å². The molecule has 0 aliphatic heterocycles. The van der Waals surface area contributed by atoms with E-state index in [-0.39, 0.29) is 29.5 Å². The Morgan fingerprint density at radius 2 is 2.37 bits per heavy atom. The molecule has 8 nitrogen and oxygen atoms in total. The number of carbonyl (C=O) groups is 1. The Kier molecular flexibility index (Phi) is 3.91. The van der Waals surface area contributed by atoms with Gasteiger partial charge in [-0.2, -0.15) is 4.98 Å². The lowest BCUT2D eigenvalue weighted by atomic mass is 10.4. The number of amides is 1. The van der Waals surface area contributed by atoms with E-state index in [0.717, 1.165) is 6.42 Å². The van der Waals surface area contributed by atoms with Gasteiger partial charge in [-0.05, 0) is 6.42 Å². The Balaban J connectivity index is 2.38. The molecule has 0 atom stereocenters. The van der Waals surface area contributed by atoms with Gasteiger partial charge in [-0.25, -0.2) is 4.98 Å². The third-order valence-electron chi connectivity index (χ3n) is 2.47. The number of rotatable bonds is 5. The second-order valence-electron chi connectivity index (χ2n) is 4.01. The number of hydrogen-bond donors (Lipinski definition) is 2. The minimum absolute atomic E-state index is 0.0948. The molecule has 0 saturated carbocycles. The quantitative estimate of drug-likeness (QED) is 0.799. The Bertz CT molecular complexity index is 645. The number of ether oxygens (including phenoxy) is 1. The van der Waals surface area contributed by atoms with Crippen LogP contribution in [-0.4, -0.2) is 39.1 Å². The van der Waals surface area contributed by atoms with Crippen molar-refractivity contribution in [3.8, 4) is 0 Å². The highest BCUT2D eigenvalue weighted by Crippen LogP contribution is 2.08. The molecule has 0 aromatic carbocycles. The Labute approximate surface area is 108 Å². The Morgan fingerprint density at radius 1 is 1.58 bits per heavy atom. The summed E-state index contributed by atoms with van der Waals surface area (Å²) in [5, 5.41) is 2.46. The van der Waals surface area contributed by atoms with Crippen LogP contribution in [0.5, 0.6) is 0 Å². The average Bonchev–Trinajstić information content (AvgIpc) is 2.74. The molecule has 0 unspecified atom stereocenters. The van der Waals surface area contributed by atoms with E-state index in [1.165, 1.54) is 7.11 Å². The fourth-order valence-corrected chi connectivity index (χ4v) is 1.72. The van der Waals surface area contributed by atoms with Gasteiger partial charge in [0.05, 0.1) is 6.33 Å². The second-order valence-corrected chi connectivity index (χ2v) is 4.01. The highest BCUT2D eigenvalue weighted by atomic mass is 16.5. The average molecular weight is 265 g/mol. The number of fused-ring (bicyclic) bond motifs is 1. The van der Waals surface area contributed by atoms with Crippen LogP contribution in [0.3, 0.4) is 0 Å². The van der Waals surface area contributed by atoms with Gasteiger partial charge in [0.1, 0.15) is 6.61 Å². The van der Waals surface area contributed by atoms with E-state index in [4.69, 9.17) is 4.74 Å². The van der Waals surface area contributed by atoms with Crippen molar-refractivity contribution >= 4 is 23.0 Å². The number of nitrogens with one attached hydrogen (secondary N) is 2. The zero-order valence-corrected chi connectivity index (χ0v) is 10.8. The van der Waals surface area contributed by atoms with Crippen molar-refractivity contribution < 1.29 is 9.53 Å². The van der Waals surface area contributed by atoms with Crippen molar-refractivity contribution in [3.05, 3.63) is 16.7 Å². The molecule has 0 aliphatic carbocycles. The van der Waals surface area contributed by atoms with Crippen molar-refractivity contribution in [3.63, 3.8) is 0 Å². The summed E-state index contributed by atoms with van der Waals surface area (Å²) in [6, 6.07) is 0. The number of imidazole rings is 1. The van der Waals surface area contributed by atoms with Crippen LogP contribution in [0.2, 0.25) is 0 Å². The maximum absolute atomic E-state index is 11.8. The molecule has 2 rings (SSSR count). The van der Waals surface area contributed by atoms with E-state index >= 15 is 0 Å². The summed E-state index contributed by atoms with van der Waals surface area (Å²) >= 11 is 0. The minimum Gasteiger partial charge on any atom is -0.375 e. The predicted octanol–water partition coefficient (Wildman–Crippen LogP) is 0.114. The lowest BCUT2D eigenvalue weighted by Crippen LogP contribution is -2.22. The van der Waals surface area contributed by atoms with Crippen LogP contribution >= 0.6 is 0 Å².